The number of pyridine rings is 1. The first-order valence-corrected chi connectivity index (χ1v) is 15.8. The monoisotopic (exact) mass is 587 g/mol. The predicted molar refractivity (Wildman–Crippen MR) is 156 cm³/mol. The van der Waals surface area contributed by atoms with Crippen LogP contribution in [0.5, 0.6) is 11.5 Å². The van der Waals surface area contributed by atoms with E-state index in [4.69, 9.17) is 25.8 Å². The number of methoxy groups -OCH3 is 1. The topological polar surface area (TPSA) is 92.9 Å². The summed E-state index contributed by atoms with van der Waals surface area (Å²) in [6, 6.07) is 4.19. The summed E-state index contributed by atoms with van der Waals surface area (Å²) < 4.78 is 18.2. The Morgan fingerprint density at radius 3 is 2.58 bits per heavy atom. The van der Waals surface area contributed by atoms with Crippen LogP contribution in [0.25, 0.3) is 0 Å². The van der Waals surface area contributed by atoms with Crippen molar-refractivity contribution in [3.05, 3.63) is 49.9 Å². The lowest BCUT2D eigenvalue weighted by molar-refractivity contribution is 0.0184. The van der Waals surface area contributed by atoms with Gasteiger partial charge in [-0.25, -0.2) is 0 Å². The summed E-state index contributed by atoms with van der Waals surface area (Å²) in [4.78, 5) is 32.1. The van der Waals surface area contributed by atoms with Gasteiger partial charge in [0.05, 0.1) is 11.1 Å². The van der Waals surface area contributed by atoms with E-state index < -0.39 is 0 Å². The van der Waals surface area contributed by atoms with Crippen LogP contribution >= 0.6 is 23.4 Å². The Morgan fingerprint density at radius 1 is 1.18 bits per heavy atom. The van der Waals surface area contributed by atoms with E-state index in [0.29, 0.717) is 57.9 Å². The molecule has 216 valence electrons. The molecular formula is C30H38ClN3O5S. The fraction of sp³-hybridized carbons (Fsp3) is 0.600. The summed E-state index contributed by atoms with van der Waals surface area (Å²) in [5.74, 6) is 2.63. The van der Waals surface area contributed by atoms with Gasteiger partial charge in [0.2, 0.25) is 0 Å². The highest BCUT2D eigenvalue weighted by Crippen LogP contribution is 2.50. The van der Waals surface area contributed by atoms with E-state index in [1.54, 1.807) is 6.07 Å². The highest BCUT2D eigenvalue weighted by molar-refractivity contribution is 7.98. The normalized spacial score (nSPS) is 29.2. The van der Waals surface area contributed by atoms with Crippen molar-refractivity contribution in [3.8, 4) is 11.5 Å². The number of hydrogen-bond donors (Lipinski definition) is 2. The van der Waals surface area contributed by atoms with Gasteiger partial charge in [0.15, 0.2) is 11.5 Å². The molecule has 1 amide bonds. The number of benzene rings is 1. The minimum absolute atomic E-state index is 0.0679. The number of likely N-dealkylation sites (tertiary alicyclic amines) is 1. The van der Waals surface area contributed by atoms with Gasteiger partial charge in [-0.15, -0.1) is 11.8 Å². The average Bonchev–Trinajstić information content (AvgIpc) is 3.43. The fourth-order valence-corrected chi connectivity index (χ4v) is 8.04. The summed E-state index contributed by atoms with van der Waals surface area (Å²) in [6.07, 6.45) is 6.88. The maximum absolute atomic E-state index is 13.3. The van der Waals surface area contributed by atoms with E-state index >= 15 is 0 Å². The van der Waals surface area contributed by atoms with Crippen LogP contribution in [0.1, 0.15) is 52.9 Å². The molecule has 1 aromatic heterocycles. The molecule has 8 nitrogen and oxygen atoms in total. The summed E-state index contributed by atoms with van der Waals surface area (Å²) in [5.41, 5.74) is 2.25. The first kappa shape index (κ1) is 27.9. The van der Waals surface area contributed by atoms with Gasteiger partial charge >= 0.3 is 0 Å². The molecule has 0 radical (unpaired) electrons. The number of fused-ring (bicyclic) bond motifs is 2. The number of ether oxygens (including phenoxy) is 3. The summed E-state index contributed by atoms with van der Waals surface area (Å²) in [6.45, 7) is 6.64. The molecule has 2 aliphatic heterocycles. The molecule has 2 aromatic rings. The molecule has 40 heavy (non-hydrogen) atoms. The van der Waals surface area contributed by atoms with Crippen LogP contribution in [-0.2, 0) is 11.3 Å². The third-order valence-corrected chi connectivity index (χ3v) is 10.5. The van der Waals surface area contributed by atoms with E-state index in [9.17, 15) is 9.59 Å². The number of nitrogens with zero attached hydrogens (tertiary/aromatic N) is 1. The fourth-order valence-electron chi connectivity index (χ4n) is 7.09. The molecule has 1 saturated heterocycles. The second kappa shape index (κ2) is 11.2. The van der Waals surface area contributed by atoms with Crippen LogP contribution in [0.2, 0.25) is 5.02 Å². The van der Waals surface area contributed by atoms with Gasteiger partial charge in [0.1, 0.15) is 12.7 Å². The van der Waals surface area contributed by atoms with Gasteiger partial charge in [0.25, 0.3) is 11.5 Å². The van der Waals surface area contributed by atoms with Gasteiger partial charge in [-0.1, -0.05) is 11.6 Å². The number of halogens is 1. The Morgan fingerprint density at radius 2 is 1.90 bits per heavy atom. The average molecular weight is 588 g/mol. The van der Waals surface area contributed by atoms with Crippen molar-refractivity contribution in [2.45, 2.75) is 69.2 Å². The number of hydrogen-bond acceptors (Lipinski definition) is 7. The standard InChI is InChI=1S/C30H38ClN3O5S/c1-15-9-25(40-4)20(30(36)33-15)11-32-29(35)19-10-23(31)28-26(16(19)2)39-24(14-38-28)17-5-7-18(8-6-17)34-12-21-22(13-34)27(21)37-3/h9-10,17-18,21-22,24,27H,5-8,11-14H2,1-4H3,(H,32,35)(H,33,36)/t17?,18?,21?,22?,24-,27?/m1/s1. The molecule has 0 bridgehead atoms. The molecule has 4 aliphatic rings. The summed E-state index contributed by atoms with van der Waals surface area (Å²) >= 11 is 8.06. The number of aromatic amines is 1. The molecular weight excluding hydrogens is 550 g/mol. The first-order chi connectivity index (χ1) is 19.3. The minimum atomic E-state index is -0.306. The highest BCUT2D eigenvalue weighted by Gasteiger charge is 2.57. The Bertz CT molecular complexity index is 1350. The van der Waals surface area contributed by atoms with Crippen molar-refractivity contribution in [2.24, 2.45) is 17.8 Å². The largest absolute Gasteiger partial charge is 0.484 e. The Labute approximate surface area is 244 Å². The number of thioether (sulfide) groups is 1. The Kier molecular flexibility index (Phi) is 7.85. The van der Waals surface area contributed by atoms with Crippen molar-refractivity contribution >= 4 is 29.3 Å². The molecule has 2 saturated carbocycles. The third kappa shape index (κ3) is 5.14. The van der Waals surface area contributed by atoms with Crippen molar-refractivity contribution in [1.29, 1.82) is 0 Å². The summed E-state index contributed by atoms with van der Waals surface area (Å²) in [5, 5.41) is 3.26. The van der Waals surface area contributed by atoms with Gasteiger partial charge in [-0.2, -0.15) is 0 Å². The number of rotatable bonds is 7. The van der Waals surface area contributed by atoms with Gasteiger partial charge in [-0.05, 0) is 63.8 Å². The van der Waals surface area contributed by atoms with Crippen molar-refractivity contribution in [1.82, 2.24) is 15.2 Å². The van der Waals surface area contributed by atoms with Crippen molar-refractivity contribution in [2.75, 3.05) is 33.1 Å². The molecule has 10 heteroatoms. The number of carbonyl (C=O) groups is 1. The maximum Gasteiger partial charge on any atom is 0.254 e. The van der Waals surface area contributed by atoms with E-state index in [1.807, 2.05) is 33.3 Å². The van der Waals surface area contributed by atoms with Crippen molar-refractivity contribution in [3.63, 3.8) is 0 Å². The number of aromatic nitrogens is 1. The maximum atomic E-state index is 13.3. The SMILES string of the molecule is COC1C2CN(C3CCC([C@H]4COc5c(Cl)cc(C(=O)NCc6c(SC)cc(C)[nH]c6=O)c(C)c5O4)CC3)CC21. The third-order valence-electron chi connectivity index (χ3n) is 9.42. The number of aryl methyl sites for hydroxylation is 1. The molecule has 1 aromatic carbocycles. The van der Waals surface area contributed by atoms with Gasteiger partial charge in [-0.3, -0.25) is 14.5 Å². The second-order valence-corrected chi connectivity index (χ2v) is 13.0. The van der Waals surface area contributed by atoms with E-state index in [0.717, 1.165) is 35.3 Å². The second-order valence-electron chi connectivity index (χ2n) is 11.7. The zero-order valence-corrected chi connectivity index (χ0v) is 25.1. The summed E-state index contributed by atoms with van der Waals surface area (Å²) in [7, 11) is 1.84. The van der Waals surface area contributed by atoms with Gasteiger partial charge < -0.3 is 24.5 Å². The highest BCUT2D eigenvalue weighted by atomic mass is 35.5. The lowest BCUT2D eigenvalue weighted by atomic mass is 9.82. The molecule has 2 unspecified atom stereocenters. The lowest BCUT2D eigenvalue weighted by Crippen LogP contribution is -2.43. The molecule has 3 heterocycles. The van der Waals surface area contributed by atoms with E-state index in [1.165, 1.54) is 37.7 Å². The number of piperidine rings is 1. The number of nitrogens with one attached hydrogen (secondary N) is 2. The molecule has 6 rings (SSSR count). The zero-order valence-electron chi connectivity index (χ0n) is 23.6. The molecule has 2 aliphatic carbocycles. The van der Waals surface area contributed by atoms with Crippen molar-refractivity contribution < 1.29 is 19.0 Å². The lowest BCUT2D eigenvalue weighted by Gasteiger charge is -2.40. The molecule has 3 fully saturated rings. The van der Waals surface area contributed by atoms with Crippen LogP contribution in [0.4, 0.5) is 0 Å². The van der Waals surface area contributed by atoms with Gasteiger partial charge in [0, 0.05) is 71.9 Å². The molecule has 0 spiro atoms. The Hall–Kier alpha value is -2.20. The van der Waals surface area contributed by atoms with E-state index in [-0.39, 0.29) is 24.1 Å². The zero-order chi connectivity index (χ0) is 28.1. The van der Waals surface area contributed by atoms with Crippen LogP contribution in [-0.4, -0.2) is 67.1 Å². The van der Waals surface area contributed by atoms with Crippen LogP contribution in [0.15, 0.2) is 21.8 Å². The van der Waals surface area contributed by atoms with Crippen LogP contribution in [0.3, 0.4) is 0 Å². The quantitative estimate of drug-likeness (QED) is 0.458. The number of H-pyrrole nitrogens is 1. The molecule has 2 N–H and O–H groups in total. The van der Waals surface area contributed by atoms with Crippen LogP contribution < -0.4 is 20.3 Å². The minimum Gasteiger partial charge on any atom is -0.484 e. The van der Waals surface area contributed by atoms with Crippen LogP contribution in [0, 0.1) is 31.6 Å². The number of carbonyl (C=O) groups excluding carboxylic acids is 1. The number of amides is 1. The molecule has 3 atom stereocenters. The van der Waals surface area contributed by atoms with E-state index in [2.05, 4.69) is 15.2 Å². The predicted octanol–water partition coefficient (Wildman–Crippen LogP) is 4.57. The first-order valence-electron chi connectivity index (χ1n) is 14.2. The smallest absolute Gasteiger partial charge is 0.254 e. The Balaban J connectivity index is 1.10.